The highest BCUT2D eigenvalue weighted by Crippen LogP contribution is 2.20. The van der Waals surface area contributed by atoms with Gasteiger partial charge in [0.05, 0.1) is 23.0 Å². The molecular formula is C12H20ClN3O. The van der Waals surface area contributed by atoms with Gasteiger partial charge in [-0.05, 0) is 18.8 Å². The molecular weight excluding hydrogens is 238 g/mol. The predicted molar refractivity (Wildman–Crippen MR) is 68.2 cm³/mol. The number of nitrogens with one attached hydrogen (secondary N) is 1. The zero-order chi connectivity index (χ0) is 12.3. The van der Waals surface area contributed by atoms with Gasteiger partial charge < -0.3 is 10.1 Å². The van der Waals surface area contributed by atoms with Crippen LogP contribution in [0.4, 0.5) is 0 Å². The van der Waals surface area contributed by atoms with Crippen LogP contribution in [0.3, 0.4) is 0 Å². The minimum absolute atomic E-state index is 0.646. The molecule has 0 amide bonds. The molecule has 2 heterocycles. The quantitative estimate of drug-likeness (QED) is 0.874. The Hall–Kier alpha value is -0.580. The van der Waals surface area contributed by atoms with E-state index in [4.69, 9.17) is 16.3 Å². The van der Waals surface area contributed by atoms with Crippen LogP contribution in [-0.2, 0) is 24.8 Å². The number of hydrogen-bond acceptors (Lipinski definition) is 3. The Morgan fingerprint density at radius 1 is 1.59 bits per heavy atom. The summed E-state index contributed by atoms with van der Waals surface area (Å²) in [6, 6.07) is 0. The molecule has 1 saturated heterocycles. The summed E-state index contributed by atoms with van der Waals surface area (Å²) < 4.78 is 7.22. The summed E-state index contributed by atoms with van der Waals surface area (Å²) in [5.41, 5.74) is 2.05. The van der Waals surface area contributed by atoms with Crippen LogP contribution < -0.4 is 5.32 Å². The Labute approximate surface area is 107 Å². The zero-order valence-corrected chi connectivity index (χ0v) is 11.3. The van der Waals surface area contributed by atoms with E-state index in [9.17, 15) is 0 Å². The highest BCUT2D eigenvalue weighted by molar-refractivity contribution is 6.31. The van der Waals surface area contributed by atoms with Crippen LogP contribution in [-0.4, -0.2) is 29.5 Å². The number of rotatable bonds is 5. The van der Waals surface area contributed by atoms with E-state index in [1.807, 2.05) is 11.7 Å². The molecule has 0 aliphatic carbocycles. The molecule has 0 spiro atoms. The number of aromatic nitrogens is 2. The van der Waals surface area contributed by atoms with Gasteiger partial charge in [0.2, 0.25) is 0 Å². The van der Waals surface area contributed by atoms with E-state index in [-0.39, 0.29) is 0 Å². The van der Waals surface area contributed by atoms with Crippen molar-refractivity contribution in [3.05, 3.63) is 16.4 Å². The average Bonchev–Trinajstić information content (AvgIpc) is 2.91. The van der Waals surface area contributed by atoms with Crippen LogP contribution in [0, 0.1) is 5.92 Å². The summed E-state index contributed by atoms with van der Waals surface area (Å²) in [4.78, 5) is 0. The minimum atomic E-state index is 0.646. The van der Waals surface area contributed by atoms with Crippen molar-refractivity contribution in [3.63, 3.8) is 0 Å². The molecule has 1 N–H and O–H groups in total. The SMILES string of the molecule is CCc1nn(C)c(CNCC2CCOC2)c1Cl. The summed E-state index contributed by atoms with van der Waals surface area (Å²) in [5, 5.41) is 8.65. The largest absolute Gasteiger partial charge is 0.381 e. The molecule has 0 aromatic carbocycles. The molecule has 1 aliphatic rings. The molecule has 1 atom stereocenters. The smallest absolute Gasteiger partial charge is 0.0863 e. The van der Waals surface area contributed by atoms with Gasteiger partial charge in [-0.3, -0.25) is 4.68 Å². The summed E-state index contributed by atoms with van der Waals surface area (Å²) in [6.07, 6.45) is 2.04. The van der Waals surface area contributed by atoms with Crippen LogP contribution in [0.2, 0.25) is 5.02 Å². The lowest BCUT2D eigenvalue weighted by Gasteiger charge is -2.09. The lowest BCUT2D eigenvalue weighted by atomic mass is 10.1. The van der Waals surface area contributed by atoms with E-state index in [0.717, 1.165) is 55.6 Å². The van der Waals surface area contributed by atoms with Gasteiger partial charge in [-0.2, -0.15) is 5.10 Å². The summed E-state index contributed by atoms with van der Waals surface area (Å²) in [6.45, 7) is 5.62. The highest BCUT2D eigenvalue weighted by atomic mass is 35.5. The van der Waals surface area contributed by atoms with Crippen LogP contribution in [0.15, 0.2) is 0 Å². The van der Waals surface area contributed by atoms with E-state index in [0.29, 0.717) is 5.92 Å². The summed E-state index contributed by atoms with van der Waals surface area (Å²) in [7, 11) is 1.95. The Morgan fingerprint density at radius 2 is 2.41 bits per heavy atom. The van der Waals surface area contributed by atoms with Crippen molar-refractivity contribution >= 4 is 11.6 Å². The number of nitrogens with zero attached hydrogens (tertiary/aromatic N) is 2. The van der Waals surface area contributed by atoms with Gasteiger partial charge in [-0.25, -0.2) is 0 Å². The molecule has 5 heteroatoms. The molecule has 0 radical (unpaired) electrons. The van der Waals surface area contributed by atoms with E-state index >= 15 is 0 Å². The molecule has 0 saturated carbocycles. The standard InChI is InChI=1S/C12H20ClN3O/c1-3-10-12(13)11(16(2)15-10)7-14-6-9-4-5-17-8-9/h9,14H,3-8H2,1-2H3. The van der Waals surface area contributed by atoms with E-state index < -0.39 is 0 Å². The van der Waals surface area contributed by atoms with Gasteiger partial charge >= 0.3 is 0 Å². The van der Waals surface area contributed by atoms with Crippen molar-refractivity contribution in [2.24, 2.45) is 13.0 Å². The molecule has 17 heavy (non-hydrogen) atoms. The second-order valence-corrected chi connectivity index (χ2v) is 4.92. The van der Waals surface area contributed by atoms with Gasteiger partial charge in [0.25, 0.3) is 0 Å². The fourth-order valence-corrected chi connectivity index (χ4v) is 2.51. The molecule has 1 aliphatic heterocycles. The van der Waals surface area contributed by atoms with Gasteiger partial charge in [0.15, 0.2) is 0 Å². The van der Waals surface area contributed by atoms with Gasteiger partial charge in [-0.1, -0.05) is 18.5 Å². The second kappa shape index (κ2) is 5.85. The Morgan fingerprint density at radius 3 is 3.00 bits per heavy atom. The second-order valence-electron chi connectivity index (χ2n) is 4.55. The van der Waals surface area contributed by atoms with Crippen molar-refractivity contribution < 1.29 is 4.74 Å². The van der Waals surface area contributed by atoms with Crippen molar-refractivity contribution in [2.75, 3.05) is 19.8 Å². The molecule has 0 bridgehead atoms. The van der Waals surface area contributed by atoms with Crippen LogP contribution in [0.25, 0.3) is 0 Å². The fourth-order valence-electron chi connectivity index (χ4n) is 2.15. The fraction of sp³-hybridized carbons (Fsp3) is 0.750. The van der Waals surface area contributed by atoms with Crippen LogP contribution >= 0.6 is 11.6 Å². The van der Waals surface area contributed by atoms with E-state index in [2.05, 4.69) is 17.3 Å². The van der Waals surface area contributed by atoms with Gasteiger partial charge in [0.1, 0.15) is 0 Å². The minimum Gasteiger partial charge on any atom is -0.381 e. The number of hydrogen-bond donors (Lipinski definition) is 1. The summed E-state index contributed by atoms with van der Waals surface area (Å²) in [5.74, 6) is 0.646. The average molecular weight is 258 g/mol. The maximum absolute atomic E-state index is 6.28. The first-order valence-corrected chi connectivity index (χ1v) is 6.58. The van der Waals surface area contributed by atoms with Crippen molar-refractivity contribution in [2.45, 2.75) is 26.3 Å². The van der Waals surface area contributed by atoms with Crippen molar-refractivity contribution in [3.8, 4) is 0 Å². The molecule has 96 valence electrons. The van der Waals surface area contributed by atoms with Crippen LogP contribution in [0.1, 0.15) is 24.7 Å². The molecule has 1 aromatic heterocycles. The third-order valence-corrected chi connectivity index (χ3v) is 3.69. The first-order valence-electron chi connectivity index (χ1n) is 6.21. The Bertz CT molecular complexity index is 372. The Kier molecular flexibility index (Phi) is 4.42. The molecule has 2 rings (SSSR count). The predicted octanol–water partition coefficient (Wildman–Crippen LogP) is 1.76. The molecule has 1 fully saturated rings. The summed E-state index contributed by atoms with van der Waals surface area (Å²) >= 11 is 6.28. The van der Waals surface area contributed by atoms with Crippen molar-refractivity contribution in [1.82, 2.24) is 15.1 Å². The van der Waals surface area contributed by atoms with Gasteiger partial charge in [0, 0.05) is 26.7 Å². The third-order valence-electron chi connectivity index (χ3n) is 3.25. The Balaban J connectivity index is 1.87. The highest BCUT2D eigenvalue weighted by Gasteiger charge is 2.16. The maximum atomic E-state index is 6.28. The molecule has 1 aromatic rings. The zero-order valence-electron chi connectivity index (χ0n) is 10.5. The number of ether oxygens (including phenoxy) is 1. The monoisotopic (exact) mass is 257 g/mol. The lowest BCUT2D eigenvalue weighted by molar-refractivity contribution is 0.185. The first-order chi connectivity index (χ1) is 8.22. The van der Waals surface area contributed by atoms with Gasteiger partial charge in [-0.15, -0.1) is 0 Å². The van der Waals surface area contributed by atoms with Crippen LogP contribution in [0.5, 0.6) is 0 Å². The maximum Gasteiger partial charge on any atom is 0.0863 e. The third kappa shape index (κ3) is 3.00. The topological polar surface area (TPSA) is 39.1 Å². The number of halogens is 1. The van der Waals surface area contributed by atoms with E-state index in [1.165, 1.54) is 0 Å². The molecule has 1 unspecified atom stereocenters. The lowest BCUT2D eigenvalue weighted by Crippen LogP contribution is -2.23. The normalized spacial score (nSPS) is 20.1. The number of aryl methyl sites for hydroxylation is 2. The van der Waals surface area contributed by atoms with E-state index in [1.54, 1.807) is 0 Å². The molecule has 4 nitrogen and oxygen atoms in total. The first kappa shape index (κ1) is 12.9. The van der Waals surface area contributed by atoms with Crippen molar-refractivity contribution in [1.29, 1.82) is 0 Å².